The van der Waals surface area contributed by atoms with E-state index in [1.807, 2.05) is 6.92 Å². The van der Waals surface area contributed by atoms with Gasteiger partial charge in [-0.15, -0.1) is 0 Å². The summed E-state index contributed by atoms with van der Waals surface area (Å²) < 4.78 is 0. The highest BCUT2D eigenvalue weighted by atomic mass is 16.4. The molecule has 0 bridgehead atoms. The fourth-order valence-corrected chi connectivity index (χ4v) is 2.76. The number of aliphatic carboxylic acids is 1. The number of likely N-dealkylation sites (tertiary alicyclic amines) is 1. The number of piperidine rings is 1. The molecular weight excluding hydrogens is 270 g/mol. The number of amides is 2. The van der Waals surface area contributed by atoms with Gasteiger partial charge in [0.1, 0.15) is 5.54 Å². The van der Waals surface area contributed by atoms with Gasteiger partial charge in [0.2, 0.25) is 0 Å². The molecule has 1 atom stereocenters. The van der Waals surface area contributed by atoms with E-state index in [0.717, 1.165) is 19.5 Å². The van der Waals surface area contributed by atoms with E-state index in [1.54, 1.807) is 6.92 Å². The number of hydrogen-bond acceptors (Lipinski definition) is 3. The molecule has 6 nitrogen and oxygen atoms in total. The van der Waals surface area contributed by atoms with Crippen LogP contribution < -0.4 is 10.6 Å². The fraction of sp³-hybridized carbons (Fsp3) is 0.867. The summed E-state index contributed by atoms with van der Waals surface area (Å²) in [6.45, 7) is 6.28. The molecule has 0 spiro atoms. The first-order valence-electron chi connectivity index (χ1n) is 7.85. The summed E-state index contributed by atoms with van der Waals surface area (Å²) in [5, 5.41) is 14.6. The standard InChI is InChI=1S/C15H29N3O3/c1-4-8-15(2,13(19)20)17-14(21)16-9-5-12-6-10-18(3)11-7-12/h12H,4-11H2,1-3H3,(H,19,20)(H2,16,17,21). The van der Waals surface area contributed by atoms with Crippen LogP contribution in [0.15, 0.2) is 0 Å². The van der Waals surface area contributed by atoms with E-state index in [0.29, 0.717) is 25.3 Å². The summed E-state index contributed by atoms with van der Waals surface area (Å²) in [5.74, 6) is -0.335. The van der Waals surface area contributed by atoms with Crippen molar-refractivity contribution in [1.29, 1.82) is 0 Å². The number of carbonyl (C=O) groups excluding carboxylic acids is 1. The Labute approximate surface area is 127 Å². The van der Waals surface area contributed by atoms with Crippen molar-refractivity contribution in [2.45, 2.75) is 51.5 Å². The summed E-state index contributed by atoms with van der Waals surface area (Å²) in [4.78, 5) is 25.4. The van der Waals surface area contributed by atoms with Crippen molar-refractivity contribution in [3.8, 4) is 0 Å². The maximum Gasteiger partial charge on any atom is 0.329 e. The second kappa shape index (κ2) is 8.22. The Kier molecular flexibility index (Phi) is 6.95. The first kappa shape index (κ1) is 17.8. The molecule has 2 amide bonds. The van der Waals surface area contributed by atoms with Crippen LogP contribution in [-0.4, -0.2) is 54.2 Å². The largest absolute Gasteiger partial charge is 0.480 e. The molecule has 0 aromatic carbocycles. The van der Waals surface area contributed by atoms with Crippen molar-refractivity contribution in [3.05, 3.63) is 0 Å². The number of urea groups is 1. The van der Waals surface area contributed by atoms with Gasteiger partial charge >= 0.3 is 12.0 Å². The molecule has 6 heteroatoms. The van der Waals surface area contributed by atoms with Crippen molar-refractivity contribution in [2.75, 3.05) is 26.7 Å². The van der Waals surface area contributed by atoms with Gasteiger partial charge in [-0.05, 0) is 58.7 Å². The van der Waals surface area contributed by atoms with E-state index in [-0.39, 0.29) is 6.03 Å². The highest BCUT2D eigenvalue weighted by Gasteiger charge is 2.33. The third-order valence-electron chi connectivity index (χ3n) is 4.29. The molecule has 122 valence electrons. The van der Waals surface area contributed by atoms with Crippen molar-refractivity contribution in [2.24, 2.45) is 5.92 Å². The van der Waals surface area contributed by atoms with E-state index in [2.05, 4.69) is 22.6 Å². The normalized spacial score (nSPS) is 19.8. The molecule has 1 fully saturated rings. The van der Waals surface area contributed by atoms with Crippen LogP contribution in [0.4, 0.5) is 4.79 Å². The smallest absolute Gasteiger partial charge is 0.329 e. The molecule has 0 aliphatic carbocycles. The first-order valence-corrected chi connectivity index (χ1v) is 7.85. The van der Waals surface area contributed by atoms with Gasteiger partial charge in [-0.3, -0.25) is 0 Å². The Bertz CT molecular complexity index is 354. The van der Waals surface area contributed by atoms with Crippen molar-refractivity contribution >= 4 is 12.0 Å². The molecular formula is C15H29N3O3. The number of hydrogen-bond donors (Lipinski definition) is 3. The van der Waals surface area contributed by atoms with E-state index in [4.69, 9.17) is 0 Å². The maximum atomic E-state index is 11.8. The lowest BCUT2D eigenvalue weighted by molar-refractivity contribution is -0.144. The molecule has 1 aliphatic heterocycles. The minimum absolute atomic E-state index is 0.388. The molecule has 1 saturated heterocycles. The van der Waals surface area contributed by atoms with Gasteiger partial charge in [-0.2, -0.15) is 0 Å². The Balaban J connectivity index is 2.28. The Hall–Kier alpha value is -1.30. The molecule has 0 aromatic rings. The zero-order chi connectivity index (χ0) is 15.9. The van der Waals surface area contributed by atoms with Crippen LogP contribution in [0, 0.1) is 5.92 Å². The average molecular weight is 299 g/mol. The summed E-state index contributed by atoms with van der Waals surface area (Å²) >= 11 is 0. The van der Waals surface area contributed by atoms with Gasteiger partial charge in [-0.1, -0.05) is 13.3 Å². The van der Waals surface area contributed by atoms with Crippen LogP contribution >= 0.6 is 0 Å². The predicted molar refractivity (Wildman–Crippen MR) is 82.3 cm³/mol. The fourth-order valence-electron chi connectivity index (χ4n) is 2.76. The number of rotatable bonds is 7. The molecule has 0 radical (unpaired) electrons. The molecule has 3 N–H and O–H groups in total. The zero-order valence-electron chi connectivity index (χ0n) is 13.4. The molecule has 1 heterocycles. The third-order valence-corrected chi connectivity index (χ3v) is 4.29. The summed E-state index contributed by atoms with van der Waals surface area (Å²) in [7, 11) is 2.13. The van der Waals surface area contributed by atoms with Crippen molar-refractivity contribution < 1.29 is 14.7 Å². The zero-order valence-corrected chi connectivity index (χ0v) is 13.4. The van der Waals surface area contributed by atoms with Crippen LogP contribution in [0.3, 0.4) is 0 Å². The molecule has 1 unspecified atom stereocenters. The van der Waals surface area contributed by atoms with Gasteiger partial charge in [0.05, 0.1) is 0 Å². The van der Waals surface area contributed by atoms with E-state index in [9.17, 15) is 14.7 Å². The first-order chi connectivity index (χ1) is 9.87. The van der Waals surface area contributed by atoms with E-state index in [1.165, 1.54) is 12.8 Å². The minimum Gasteiger partial charge on any atom is -0.480 e. The van der Waals surface area contributed by atoms with Gasteiger partial charge in [0.25, 0.3) is 0 Å². The minimum atomic E-state index is -1.19. The number of nitrogens with zero attached hydrogens (tertiary/aromatic N) is 1. The van der Waals surface area contributed by atoms with Crippen LogP contribution in [0.1, 0.15) is 46.0 Å². The number of nitrogens with one attached hydrogen (secondary N) is 2. The lowest BCUT2D eigenvalue weighted by Gasteiger charge is -2.29. The van der Waals surface area contributed by atoms with Crippen molar-refractivity contribution in [3.63, 3.8) is 0 Å². The summed E-state index contributed by atoms with van der Waals surface area (Å²) in [6, 6.07) is -0.388. The lowest BCUT2D eigenvalue weighted by Crippen LogP contribution is -2.55. The summed E-state index contributed by atoms with van der Waals surface area (Å²) in [5.41, 5.74) is -1.19. The van der Waals surface area contributed by atoms with Crippen LogP contribution in [0.2, 0.25) is 0 Å². The van der Waals surface area contributed by atoms with Crippen LogP contribution in [-0.2, 0) is 4.79 Å². The third kappa shape index (κ3) is 5.91. The van der Waals surface area contributed by atoms with E-state index >= 15 is 0 Å². The SMILES string of the molecule is CCCC(C)(NC(=O)NCCC1CCN(C)CC1)C(=O)O. The van der Waals surface area contributed by atoms with Gasteiger partial charge in [0.15, 0.2) is 0 Å². The van der Waals surface area contributed by atoms with E-state index < -0.39 is 11.5 Å². The van der Waals surface area contributed by atoms with Crippen LogP contribution in [0.25, 0.3) is 0 Å². The molecule has 21 heavy (non-hydrogen) atoms. The maximum absolute atomic E-state index is 11.8. The number of carbonyl (C=O) groups is 2. The Morgan fingerprint density at radius 2 is 1.95 bits per heavy atom. The van der Waals surface area contributed by atoms with Gasteiger partial charge < -0.3 is 20.6 Å². The van der Waals surface area contributed by atoms with Crippen molar-refractivity contribution in [1.82, 2.24) is 15.5 Å². The number of carboxylic acid groups (broad SMARTS) is 1. The molecule has 1 aliphatic rings. The van der Waals surface area contributed by atoms with Crippen LogP contribution in [0.5, 0.6) is 0 Å². The summed E-state index contributed by atoms with van der Waals surface area (Å²) in [6.07, 6.45) is 4.42. The Morgan fingerprint density at radius 3 is 2.48 bits per heavy atom. The number of carboxylic acids is 1. The molecule has 0 saturated carbocycles. The second-order valence-electron chi connectivity index (χ2n) is 6.30. The predicted octanol–water partition coefficient (Wildman–Crippen LogP) is 1.66. The van der Waals surface area contributed by atoms with Gasteiger partial charge in [-0.25, -0.2) is 9.59 Å². The molecule has 0 aromatic heterocycles. The topological polar surface area (TPSA) is 81.7 Å². The molecule has 1 rings (SSSR count). The highest BCUT2D eigenvalue weighted by Crippen LogP contribution is 2.18. The second-order valence-corrected chi connectivity index (χ2v) is 6.30. The monoisotopic (exact) mass is 299 g/mol. The lowest BCUT2D eigenvalue weighted by atomic mass is 9.94. The quantitative estimate of drug-likeness (QED) is 0.668. The highest BCUT2D eigenvalue weighted by molar-refractivity contribution is 5.85. The Morgan fingerprint density at radius 1 is 1.33 bits per heavy atom. The van der Waals surface area contributed by atoms with Gasteiger partial charge in [0, 0.05) is 6.54 Å². The average Bonchev–Trinajstić information content (AvgIpc) is 2.41.